The van der Waals surface area contributed by atoms with E-state index in [2.05, 4.69) is 42.2 Å². The molecule has 0 amide bonds. The molecule has 5 heteroatoms. The zero-order valence-electron chi connectivity index (χ0n) is 16.7. The first-order valence-corrected chi connectivity index (χ1v) is 10.6. The second kappa shape index (κ2) is 9.90. The highest BCUT2D eigenvalue weighted by Crippen LogP contribution is 2.31. The average molecular weight is 405 g/mol. The molecule has 0 atom stereocenters. The molecule has 0 aliphatic carbocycles. The average Bonchev–Trinajstić information content (AvgIpc) is 3.23. The van der Waals surface area contributed by atoms with Crippen LogP contribution in [0.2, 0.25) is 0 Å². The van der Waals surface area contributed by atoms with E-state index in [1.807, 2.05) is 12.3 Å². The number of rotatable bonds is 8. The molecule has 1 aromatic heterocycles. The molecule has 0 bridgehead atoms. The van der Waals surface area contributed by atoms with Crippen LogP contribution in [0.1, 0.15) is 42.8 Å². The number of unbranched alkanes of at least 4 members (excludes halogenated alkanes) is 1. The smallest absolute Gasteiger partial charge is 0.161 e. The van der Waals surface area contributed by atoms with E-state index in [0.29, 0.717) is 22.9 Å². The number of hydrogen-bond donors (Lipinski definition) is 1. The molecular weight excluding hydrogens is 380 g/mol. The lowest BCUT2D eigenvalue weighted by Gasteiger charge is -2.06. The SMILES string of the molecule is CCCCc1ccc(-c2csc(C(C#N)=Cc3ccc(O)c(OCC)c3)n2)cc1. The lowest BCUT2D eigenvalue weighted by atomic mass is 10.1. The maximum absolute atomic E-state index is 9.85. The number of ether oxygens (including phenoxy) is 1. The number of phenolic OH excluding ortho intramolecular Hbond substituents is 1. The van der Waals surface area contributed by atoms with Crippen LogP contribution in [0.15, 0.2) is 47.8 Å². The number of benzene rings is 2. The summed E-state index contributed by atoms with van der Waals surface area (Å²) < 4.78 is 5.42. The van der Waals surface area contributed by atoms with E-state index in [1.54, 1.807) is 24.3 Å². The third-order valence-corrected chi connectivity index (χ3v) is 5.39. The van der Waals surface area contributed by atoms with Crippen LogP contribution < -0.4 is 4.74 Å². The van der Waals surface area contributed by atoms with Gasteiger partial charge in [-0.25, -0.2) is 4.98 Å². The van der Waals surface area contributed by atoms with Crippen molar-refractivity contribution in [1.82, 2.24) is 4.98 Å². The van der Waals surface area contributed by atoms with Crippen LogP contribution in [0.4, 0.5) is 0 Å². The van der Waals surface area contributed by atoms with E-state index >= 15 is 0 Å². The van der Waals surface area contributed by atoms with Crippen molar-refractivity contribution < 1.29 is 9.84 Å². The third kappa shape index (κ3) is 5.24. The molecule has 29 heavy (non-hydrogen) atoms. The predicted molar refractivity (Wildman–Crippen MR) is 119 cm³/mol. The molecule has 0 aliphatic rings. The topological polar surface area (TPSA) is 66.1 Å². The van der Waals surface area contributed by atoms with Gasteiger partial charge in [0.1, 0.15) is 11.1 Å². The van der Waals surface area contributed by atoms with E-state index in [9.17, 15) is 10.4 Å². The Morgan fingerprint density at radius 3 is 2.69 bits per heavy atom. The molecule has 1 heterocycles. The largest absolute Gasteiger partial charge is 0.504 e. The van der Waals surface area contributed by atoms with Crippen LogP contribution >= 0.6 is 11.3 Å². The van der Waals surface area contributed by atoms with Crippen molar-refractivity contribution in [3.05, 3.63) is 64.0 Å². The highest BCUT2D eigenvalue weighted by Gasteiger charge is 2.10. The molecule has 0 fully saturated rings. The molecule has 3 rings (SSSR count). The van der Waals surface area contributed by atoms with Crippen molar-refractivity contribution in [2.24, 2.45) is 0 Å². The first-order chi connectivity index (χ1) is 14.1. The maximum Gasteiger partial charge on any atom is 0.161 e. The fourth-order valence-electron chi connectivity index (χ4n) is 2.95. The second-order valence-electron chi connectivity index (χ2n) is 6.67. The lowest BCUT2D eigenvalue weighted by molar-refractivity contribution is 0.318. The van der Waals surface area contributed by atoms with Crippen LogP contribution in [-0.2, 0) is 6.42 Å². The summed E-state index contributed by atoms with van der Waals surface area (Å²) in [5.41, 5.74) is 4.51. The molecule has 0 saturated carbocycles. The Kier molecular flexibility index (Phi) is 7.04. The summed E-state index contributed by atoms with van der Waals surface area (Å²) in [6, 6.07) is 15.8. The minimum atomic E-state index is 0.0847. The van der Waals surface area contributed by atoms with Crippen molar-refractivity contribution in [3.63, 3.8) is 0 Å². The molecule has 0 spiro atoms. The van der Waals surface area contributed by atoms with Gasteiger partial charge in [0.15, 0.2) is 11.5 Å². The molecule has 0 unspecified atom stereocenters. The minimum Gasteiger partial charge on any atom is -0.504 e. The van der Waals surface area contributed by atoms with Gasteiger partial charge in [0.25, 0.3) is 0 Å². The van der Waals surface area contributed by atoms with Gasteiger partial charge in [0, 0.05) is 10.9 Å². The molecule has 2 aromatic carbocycles. The Hall–Kier alpha value is -3.10. The number of aryl methyl sites for hydroxylation is 1. The highest BCUT2D eigenvalue weighted by molar-refractivity contribution is 7.11. The standard InChI is InChI=1S/C24H24N2O2S/c1-3-5-6-17-7-10-19(11-8-17)21-16-29-24(26-21)20(15-25)13-18-9-12-22(27)23(14-18)28-4-2/h7-14,16,27H,3-6H2,1-2H3. The van der Waals surface area contributed by atoms with Gasteiger partial charge in [-0.1, -0.05) is 43.7 Å². The predicted octanol–water partition coefficient (Wildman–Crippen LogP) is 6.32. The van der Waals surface area contributed by atoms with E-state index in [1.165, 1.54) is 29.7 Å². The van der Waals surface area contributed by atoms with Gasteiger partial charge >= 0.3 is 0 Å². The fourth-order valence-corrected chi connectivity index (χ4v) is 3.75. The Morgan fingerprint density at radius 2 is 2.00 bits per heavy atom. The van der Waals surface area contributed by atoms with Gasteiger partial charge in [-0.05, 0) is 49.1 Å². The summed E-state index contributed by atoms with van der Waals surface area (Å²) in [6.45, 7) is 4.51. The Balaban J connectivity index is 1.83. The van der Waals surface area contributed by atoms with Gasteiger partial charge in [0.05, 0.1) is 17.9 Å². The van der Waals surface area contributed by atoms with Gasteiger partial charge in [-0.15, -0.1) is 11.3 Å². The van der Waals surface area contributed by atoms with Gasteiger partial charge in [0.2, 0.25) is 0 Å². The van der Waals surface area contributed by atoms with E-state index in [0.717, 1.165) is 23.2 Å². The van der Waals surface area contributed by atoms with E-state index in [-0.39, 0.29) is 5.75 Å². The van der Waals surface area contributed by atoms with Crippen molar-refractivity contribution in [3.8, 4) is 28.8 Å². The van der Waals surface area contributed by atoms with Crippen LogP contribution in [-0.4, -0.2) is 16.7 Å². The second-order valence-corrected chi connectivity index (χ2v) is 7.53. The summed E-state index contributed by atoms with van der Waals surface area (Å²) in [7, 11) is 0. The van der Waals surface area contributed by atoms with Crippen LogP contribution in [0.5, 0.6) is 11.5 Å². The number of hydrogen-bond acceptors (Lipinski definition) is 5. The summed E-state index contributed by atoms with van der Waals surface area (Å²) in [6.07, 6.45) is 5.24. The minimum absolute atomic E-state index is 0.0847. The number of aromatic nitrogens is 1. The van der Waals surface area contributed by atoms with Crippen molar-refractivity contribution in [1.29, 1.82) is 5.26 Å². The summed E-state index contributed by atoms with van der Waals surface area (Å²) >= 11 is 1.45. The Bertz CT molecular complexity index is 1030. The van der Waals surface area contributed by atoms with Crippen molar-refractivity contribution in [2.45, 2.75) is 33.1 Å². The van der Waals surface area contributed by atoms with Crippen LogP contribution in [0.25, 0.3) is 22.9 Å². The molecule has 0 saturated heterocycles. The van der Waals surface area contributed by atoms with Gasteiger partial charge in [-0.3, -0.25) is 0 Å². The number of thiazole rings is 1. The highest BCUT2D eigenvalue weighted by atomic mass is 32.1. The number of allylic oxidation sites excluding steroid dienone is 1. The van der Waals surface area contributed by atoms with E-state index in [4.69, 9.17) is 4.74 Å². The quantitative estimate of drug-likeness (QED) is 0.446. The summed E-state index contributed by atoms with van der Waals surface area (Å²) in [5, 5.41) is 22.1. The van der Waals surface area contributed by atoms with Crippen LogP contribution in [0, 0.1) is 11.3 Å². The zero-order valence-corrected chi connectivity index (χ0v) is 17.5. The van der Waals surface area contributed by atoms with Gasteiger partial charge in [-0.2, -0.15) is 5.26 Å². The molecule has 4 nitrogen and oxygen atoms in total. The molecule has 0 radical (unpaired) electrons. The third-order valence-electron chi connectivity index (χ3n) is 4.52. The van der Waals surface area contributed by atoms with Crippen LogP contribution in [0.3, 0.4) is 0 Å². The number of phenols is 1. The summed E-state index contributed by atoms with van der Waals surface area (Å²) in [5.74, 6) is 0.489. The number of nitriles is 1. The van der Waals surface area contributed by atoms with E-state index < -0.39 is 0 Å². The van der Waals surface area contributed by atoms with Crippen molar-refractivity contribution in [2.75, 3.05) is 6.61 Å². The fraction of sp³-hybridized carbons (Fsp3) is 0.250. The summed E-state index contributed by atoms with van der Waals surface area (Å²) in [4.78, 5) is 4.66. The lowest BCUT2D eigenvalue weighted by Crippen LogP contribution is -1.92. The monoisotopic (exact) mass is 404 g/mol. The van der Waals surface area contributed by atoms with Gasteiger partial charge < -0.3 is 9.84 Å². The Labute approximate surface area is 175 Å². The molecule has 1 N–H and O–H groups in total. The first-order valence-electron chi connectivity index (χ1n) is 9.77. The first kappa shape index (κ1) is 20.6. The number of nitrogens with zero attached hydrogens (tertiary/aromatic N) is 2. The molecule has 0 aliphatic heterocycles. The molecular formula is C24H24N2O2S. The Morgan fingerprint density at radius 1 is 1.21 bits per heavy atom. The maximum atomic E-state index is 9.85. The normalized spacial score (nSPS) is 11.3. The zero-order chi connectivity index (χ0) is 20.6. The molecule has 3 aromatic rings. The number of aromatic hydroxyl groups is 1. The molecule has 148 valence electrons. The van der Waals surface area contributed by atoms with Crippen molar-refractivity contribution >= 4 is 23.0 Å².